The van der Waals surface area contributed by atoms with Crippen LogP contribution in [0.5, 0.6) is 0 Å². The summed E-state index contributed by atoms with van der Waals surface area (Å²) < 4.78 is 1.96. The Balaban J connectivity index is 2.45. The number of nitrogens with two attached hydrogens (primary N) is 1. The van der Waals surface area contributed by atoms with Gasteiger partial charge >= 0.3 is 0 Å². The summed E-state index contributed by atoms with van der Waals surface area (Å²) >= 11 is 0. The van der Waals surface area contributed by atoms with Gasteiger partial charge < -0.3 is 15.4 Å². The maximum Gasteiger partial charge on any atom is 0.0994 e. The van der Waals surface area contributed by atoms with E-state index in [0.717, 1.165) is 24.2 Å². The standard InChI is InChI=1S/C14H19N3O/c1-2-5-11-6-3-4-7-13(11)17-10-16-8-14(17)12(15)9-18/h3-4,6-8,10,12,18H,2,5,9,15H2,1H3. The first-order valence-corrected chi connectivity index (χ1v) is 6.24. The molecule has 3 N–H and O–H groups in total. The molecule has 0 bridgehead atoms. The summed E-state index contributed by atoms with van der Waals surface area (Å²) in [5.74, 6) is 0. The van der Waals surface area contributed by atoms with Crippen molar-refractivity contribution in [3.63, 3.8) is 0 Å². The van der Waals surface area contributed by atoms with E-state index in [1.807, 2.05) is 16.7 Å². The summed E-state index contributed by atoms with van der Waals surface area (Å²) in [7, 11) is 0. The van der Waals surface area contributed by atoms with Crippen molar-refractivity contribution in [1.29, 1.82) is 0 Å². The van der Waals surface area contributed by atoms with Crippen molar-refractivity contribution in [3.05, 3.63) is 48.0 Å². The summed E-state index contributed by atoms with van der Waals surface area (Å²) in [5.41, 5.74) is 9.09. The summed E-state index contributed by atoms with van der Waals surface area (Å²) in [6.07, 6.45) is 5.57. The monoisotopic (exact) mass is 245 g/mol. The van der Waals surface area contributed by atoms with Crippen LogP contribution in [-0.4, -0.2) is 21.3 Å². The number of benzene rings is 1. The van der Waals surface area contributed by atoms with Crippen molar-refractivity contribution < 1.29 is 5.11 Å². The summed E-state index contributed by atoms with van der Waals surface area (Å²) in [6.45, 7) is 2.08. The fraction of sp³-hybridized carbons (Fsp3) is 0.357. The van der Waals surface area contributed by atoms with Crippen LogP contribution in [0.3, 0.4) is 0 Å². The van der Waals surface area contributed by atoms with Crippen molar-refractivity contribution >= 4 is 0 Å². The molecule has 2 aromatic rings. The van der Waals surface area contributed by atoms with E-state index in [-0.39, 0.29) is 6.61 Å². The first kappa shape index (κ1) is 12.8. The highest BCUT2D eigenvalue weighted by Crippen LogP contribution is 2.20. The van der Waals surface area contributed by atoms with Crippen LogP contribution >= 0.6 is 0 Å². The first-order chi connectivity index (χ1) is 8.77. The third-order valence-corrected chi connectivity index (χ3v) is 3.01. The van der Waals surface area contributed by atoms with Gasteiger partial charge in [0.2, 0.25) is 0 Å². The molecular formula is C14H19N3O. The van der Waals surface area contributed by atoms with Gasteiger partial charge in [-0.25, -0.2) is 4.98 Å². The second-order valence-corrected chi connectivity index (χ2v) is 4.36. The Morgan fingerprint density at radius 2 is 2.17 bits per heavy atom. The van der Waals surface area contributed by atoms with Crippen LogP contribution in [0.25, 0.3) is 5.69 Å². The normalized spacial score (nSPS) is 12.6. The van der Waals surface area contributed by atoms with E-state index in [9.17, 15) is 5.11 Å². The van der Waals surface area contributed by atoms with Crippen molar-refractivity contribution in [2.45, 2.75) is 25.8 Å². The van der Waals surface area contributed by atoms with E-state index in [2.05, 4.69) is 24.0 Å². The van der Waals surface area contributed by atoms with Crippen LogP contribution < -0.4 is 5.73 Å². The lowest BCUT2D eigenvalue weighted by Gasteiger charge is -2.15. The Bertz CT molecular complexity index is 507. The number of hydrogen-bond acceptors (Lipinski definition) is 3. The van der Waals surface area contributed by atoms with Crippen LogP contribution in [0, 0.1) is 0 Å². The lowest BCUT2D eigenvalue weighted by Crippen LogP contribution is -2.18. The molecule has 1 aromatic heterocycles. The van der Waals surface area contributed by atoms with Gasteiger partial charge in [0.05, 0.1) is 36.6 Å². The second kappa shape index (κ2) is 5.80. The number of aromatic nitrogens is 2. The van der Waals surface area contributed by atoms with Gasteiger partial charge in [0.15, 0.2) is 0 Å². The lowest BCUT2D eigenvalue weighted by molar-refractivity contribution is 0.265. The third-order valence-electron chi connectivity index (χ3n) is 3.01. The molecule has 0 amide bonds. The van der Waals surface area contributed by atoms with Crippen LogP contribution in [-0.2, 0) is 6.42 Å². The van der Waals surface area contributed by atoms with Gasteiger partial charge in [-0.1, -0.05) is 31.5 Å². The number of imidazole rings is 1. The number of aliphatic hydroxyl groups excluding tert-OH is 1. The van der Waals surface area contributed by atoms with Crippen LogP contribution in [0.4, 0.5) is 0 Å². The topological polar surface area (TPSA) is 64.1 Å². The molecule has 4 nitrogen and oxygen atoms in total. The molecule has 18 heavy (non-hydrogen) atoms. The van der Waals surface area contributed by atoms with Gasteiger partial charge in [-0.3, -0.25) is 0 Å². The zero-order chi connectivity index (χ0) is 13.0. The largest absolute Gasteiger partial charge is 0.394 e. The summed E-state index contributed by atoms with van der Waals surface area (Å²) in [5, 5.41) is 9.18. The molecule has 2 rings (SSSR count). The minimum absolute atomic E-state index is 0.0817. The molecule has 4 heteroatoms. The Morgan fingerprint density at radius 3 is 2.89 bits per heavy atom. The molecule has 1 aromatic carbocycles. The molecule has 0 saturated carbocycles. The van der Waals surface area contributed by atoms with Gasteiger partial charge in [-0.05, 0) is 18.1 Å². The third kappa shape index (κ3) is 2.44. The highest BCUT2D eigenvalue weighted by molar-refractivity contribution is 5.42. The number of aryl methyl sites for hydroxylation is 1. The zero-order valence-electron chi connectivity index (χ0n) is 10.6. The molecule has 0 aliphatic heterocycles. The lowest BCUT2D eigenvalue weighted by atomic mass is 10.1. The predicted octanol–water partition coefficient (Wildman–Crippen LogP) is 1.82. The summed E-state index contributed by atoms with van der Waals surface area (Å²) in [6, 6.07) is 7.81. The molecule has 0 aliphatic carbocycles. The van der Waals surface area contributed by atoms with Crippen LogP contribution in [0.15, 0.2) is 36.8 Å². The maximum atomic E-state index is 9.18. The number of rotatable bonds is 5. The maximum absolute atomic E-state index is 9.18. The average molecular weight is 245 g/mol. The van der Waals surface area contributed by atoms with E-state index in [1.165, 1.54) is 5.56 Å². The van der Waals surface area contributed by atoms with E-state index >= 15 is 0 Å². The zero-order valence-corrected chi connectivity index (χ0v) is 10.6. The Hall–Kier alpha value is -1.65. The summed E-state index contributed by atoms with van der Waals surface area (Å²) in [4.78, 5) is 4.14. The first-order valence-electron chi connectivity index (χ1n) is 6.24. The molecule has 1 atom stereocenters. The van der Waals surface area contributed by atoms with Gasteiger partial charge in [0.1, 0.15) is 0 Å². The average Bonchev–Trinajstić information content (AvgIpc) is 2.88. The Morgan fingerprint density at radius 1 is 1.39 bits per heavy atom. The highest BCUT2D eigenvalue weighted by Gasteiger charge is 2.13. The van der Waals surface area contributed by atoms with Gasteiger partial charge in [0.25, 0.3) is 0 Å². The quantitative estimate of drug-likeness (QED) is 0.844. The fourth-order valence-corrected chi connectivity index (χ4v) is 2.10. The molecule has 1 heterocycles. The minimum atomic E-state index is -0.401. The Kier molecular flexibility index (Phi) is 4.12. The second-order valence-electron chi connectivity index (χ2n) is 4.36. The van der Waals surface area contributed by atoms with E-state index < -0.39 is 6.04 Å². The predicted molar refractivity (Wildman–Crippen MR) is 71.6 cm³/mol. The van der Waals surface area contributed by atoms with Crippen molar-refractivity contribution in [3.8, 4) is 5.69 Å². The van der Waals surface area contributed by atoms with Gasteiger partial charge in [-0.2, -0.15) is 0 Å². The number of nitrogens with zero attached hydrogens (tertiary/aromatic N) is 2. The molecule has 0 spiro atoms. The SMILES string of the molecule is CCCc1ccccc1-n1cncc1C(N)CO. The number of para-hydroxylation sites is 1. The highest BCUT2D eigenvalue weighted by atomic mass is 16.3. The van der Waals surface area contributed by atoms with Crippen LogP contribution in [0.1, 0.15) is 30.6 Å². The van der Waals surface area contributed by atoms with E-state index in [4.69, 9.17) is 5.73 Å². The number of hydrogen-bond donors (Lipinski definition) is 2. The Labute approximate surface area is 107 Å². The molecule has 0 aliphatic rings. The van der Waals surface area contributed by atoms with E-state index in [0.29, 0.717) is 0 Å². The van der Waals surface area contributed by atoms with Crippen molar-refractivity contribution in [2.75, 3.05) is 6.61 Å². The molecule has 0 radical (unpaired) electrons. The molecular weight excluding hydrogens is 226 g/mol. The molecule has 1 unspecified atom stereocenters. The smallest absolute Gasteiger partial charge is 0.0994 e. The van der Waals surface area contributed by atoms with Gasteiger partial charge in [-0.15, -0.1) is 0 Å². The number of aliphatic hydroxyl groups is 1. The van der Waals surface area contributed by atoms with Crippen molar-refractivity contribution in [2.24, 2.45) is 5.73 Å². The minimum Gasteiger partial charge on any atom is -0.394 e. The van der Waals surface area contributed by atoms with E-state index in [1.54, 1.807) is 12.5 Å². The van der Waals surface area contributed by atoms with Crippen LogP contribution in [0.2, 0.25) is 0 Å². The molecule has 96 valence electrons. The molecule has 0 fully saturated rings. The molecule has 0 saturated heterocycles. The van der Waals surface area contributed by atoms with Crippen molar-refractivity contribution in [1.82, 2.24) is 9.55 Å². The van der Waals surface area contributed by atoms with Gasteiger partial charge in [0, 0.05) is 0 Å². The fourth-order valence-electron chi connectivity index (χ4n) is 2.10.